The van der Waals surface area contributed by atoms with Crippen LogP contribution in [0.4, 0.5) is 8.78 Å². The summed E-state index contributed by atoms with van der Waals surface area (Å²) in [5, 5.41) is 0. The molecule has 0 nitrogen and oxygen atoms in total. The van der Waals surface area contributed by atoms with E-state index in [1.165, 1.54) is 0 Å². The van der Waals surface area contributed by atoms with Gasteiger partial charge in [-0.15, -0.1) is 0 Å². The third kappa shape index (κ3) is 2.16. The van der Waals surface area contributed by atoms with Crippen molar-refractivity contribution in [2.24, 2.45) is 0 Å². The fourth-order valence-corrected chi connectivity index (χ4v) is 2.93. The minimum absolute atomic E-state index is 0.0930. The molecular formula is C8H6BrF2I. The lowest BCUT2D eigenvalue weighted by Gasteiger charge is -2.07. The molecule has 1 aromatic carbocycles. The van der Waals surface area contributed by atoms with Crippen LogP contribution in [0.15, 0.2) is 16.6 Å². The molecule has 0 N–H and O–H groups in total. The number of alkyl halides is 2. The maximum atomic E-state index is 12.4. The van der Waals surface area contributed by atoms with E-state index in [2.05, 4.69) is 38.5 Å². The zero-order chi connectivity index (χ0) is 9.30. The first-order valence-corrected chi connectivity index (χ1v) is 5.13. The lowest BCUT2D eigenvalue weighted by Crippen LogP contribution is -1.92. The predicted octanol–water partition coefficient (Wildman–Crippen LogP) is 4.30. The Morgan fingerprint density at radius 1 is 1.42 bits per heavy atom. The molecule has 1 aromatic rings. The fraction of sp³-hybridized carbons (Fsp3) is 0.250. The van der Waals surface area contributed by atoms with Crippen LogP contribution in [-0.4, -0.2) is 0 Å². The van der Waals surface area contributed by atoms with E-state index < -0.39 is 6.43 Å². The maximum absolute atomic E-state index is 12.4. The lowest BCUT2D eigenvalue weighted by atomic mass is 10.1. The van der Waals surface area contributed by atoms with Gasteiger partial charge in [0.1, 0.15) is 0 Å². The van der Waals surface area contributed by atoms with Crippen LogP contribution < -0.4 is 0 Å². The quantitative estimate of drug-likeness (QED) is 0.665. The molecule has 0 bridgehead atoms. The van der Waals surface area contributed by atoms with E-state index in [-0.39, 0.29) is 5.56 Å². The van der Waals surface area contributed by atoms with E-state index in [0.29, 0.717) is 10.0 Å². The fourth-order valence-electron chi connectivity index (χ4n) is 0.990. The van der Waals surface area contributed by atoms with Crippen LogP contribution >= 0.6 is 38.5 Å². The van der Waals surface area contributed by atoms with Gasteiger partial charge in [-0.1, -0.05) is 15.9 Å². The monoisotopic (exact) mass is 346 g/mol. The van der Waals surface area contributed by atoms with Crippen LogP contribution in [0, 0.1) is 10.5 Å². The molecule has 12 heavy (non-hydrogen) atoms. The average Bonchev–Trinajstić information content (AvgIpc) is 1.82. The number of hydrogen-bond acceptors (Lipinski definition) is 0. The molecule has 0 amide bonds. The number of rotatable bonds is 1. The topological polar surface area (TPSA) is 0 Å². The Labute approximate surface area is 91.6 Å². The van der Waals surface area contributed by atoms with Crippen molar-refractivity contribution in [3.63, 3.8) is 0 Å². The van der Waals surface area contributed by atoms with Crippen molar-refractivity contribution in [2.45, 2.75) is 13.3 Å². The van der Waals surface area contributed by atoms with Gasteiger partial charge in [0, 0.05) is 13.6 Å². The molecule has 0 heterocycles. The highest BCUT2D eigenvalue weighted by Gasteiger charge is 2.14. The van der Waals surface area contributed by atoms with Crippen molar-refractivity contribution in [3.8, 4) is 0 Å². The highest BCUT2D eigenvalue weighted by atomic mass is 127. The second-order valence-corrected chi connectivity index (χ2v) is 4.52. The predicted molar refractivity (Wildman–Crippen MR) is 56.6 cm³/mol. The molecule has 0 aliphatic rings. The van der Waals surface area contributed by atoms with Gasteiger partial charge in [-0.3, -0.25) is 0 Å². The summed E-state index contributed by atoms with van der Waals surface area (Å²) >= 11 is 5.21. The minimum atomic E-state index is -2.41. The van der Waals surface area contributed by atoms with Crippen molar-refractivity contribution in [1.29, 1.82) is 0 Å². The zero-order valence-corrected chi connectivity index (χ0v) is 9.99. The lowest BCUT2D eigenvalue weighted by molar-refractivity contribution is 0.149. The molecule has 1 rings (SSSR count). The van der Waals surface area contributed by atoms with Crippen molar-refractivity contribution in [2.75, 3.05) is 0 Å². The van der Waals surface area contributed by atoms with Gasteiger partial charge in [-0.25, -0.2) is 8.78 Å². The normalized spacial score (nSPS) is 10.8. The van der Waals surface area contributed by atoms with E-state index in [1.54, 1.807) is 19.1 Å². The molecule has 0 aliphatic carbocycles. The summed E-state index contributed by atoms with van der Waals surface area (Å²) in [5.41, 5.74) is 0.721. The molecule has 0 aliphatic heterocycles. The largest absolute Gasteiger partial charge is 0.265 e. The van der Waals surface area contributed by atoms with Crippen LogP contribution in [0.1, 0.15) is 17.6 Å². The van der Waals surface area contributed by atoms with E-state index in [1.807, 2.05) is 0 Å². The van der Waals surface area contributed by atoms with Gasteiger partial charge in [0.2, 0.25) is 0 Å². The molecule has 0 radical (unpaired) electrons. The SMILES string of the molecule is Cc1cc(I)cc(Br)c1C(F)F. The third-order valence-corrected chi connectivity index (χ3v) is 2.80. The summed E-state index contributed by atoms with van der Waals surface area (Å²) in [4.78, 5) is 0. The Morgan fingerprint density at radius 3 is 2.42 bits per heavy atom. The van der Waals surface area contributed by atoms with Crippen LogP contribution in [0.5, 0.6) is 0 Å². The van der Waals surface area contributed by atoms with Gasteiger partial charge in [0.05, 0.1) is 0 Å². The summed E-state index contributed by atoms with van der Waals surface area (Å²) < 4.78 is 26.2. The number of halogens is 4. The van der Waals surface area contributed by atoms with E-state index in [9.17, 15) is 8.78 Å². The number of hydrogen-bond donors (Lipinski definition) is 0. The van der Waals surface area contributed by atoms with E-state index in [0.717, 1.165) is 3.57 Å². The summed E-state index contributed by atoms with van der Waals surface area (Å²) in [6.45, 7) is 1.69. The molecule has 0 atom stereocenters. The Bertz CT molecular complexity index is 276. The van der Waals surface area contributed by atoms with Gasteiger partial charge in [-0.2, -0.15) is 0 Å². The Morgan fingerprint density at radius 2 is 2.00 bits per heavy atom. The minimum Gasteiger partial charge on any atom is -0.205 e. The molecule has 0 fully saturated rings. The Hall–Kier alpha value is 0.290. The average molecular weight is 347 g/mol. The van der Waals surface area contributed by atoms with Crippen molar-refractivity contribution in [1.82, 2.24) is 0 Å². The molecule has 0 saturated carbocycles. The third-order valence-electron chi connectivity index (χ3n) is 1.52. The van der Waals surface area contributed by atoms with Gasteiger partial charge in [0.25, 0.3) is 6.43 Å². The van der Waals surface area contributed by atoms with E-state index >= 15 is 0 Å². The summed E-state index contributed by atoms with van der Waals surface area (Å²) in [6, 6.07) is 3.43. The number of benzene rings is 1. The summed E-state index contributed by atoms with van der Waals surface area (Å²) in [6.07, 6.45) is -2.41. The first-order chi connectivity index (χ1) is 5.52. The molecule has 66 valence electrons. The van der Waals surface area contributed by atoms with E-state index in [4.69, 9.17) is 0 Å². The second kappa shape index (κ2) is 4.00. The zero-order valence-electron chi connectivity index (χ0n) is 6.24. The van der Waals surface area contributed by atoms with Crippen molar-refractivity contribution in [3.05, 3.63) is 31.3 Å². The second-order valence-electron chi connectivity index (χ2n) is 2.42. The van der Waals surface area contributed by atoms with Crippen LogP contribution in [0.3, 0.4) is 0 Å². The Balaban J connectivity index is 3.28. The van der Waals surface area contributed by atoms with Crippen molar-refractivity contribution >= 4 is 38.5 Å². The summed E-state index contributed by atoms with van der Waals surface area (Å²) in [7, 11) is 0. The molecule has 0 unspecified atom stereocenters. The summed E-state index contributed by atoms with van der Waals surface area (Å²) in [5.74, 6) is 0. The Kier molecular flexibility index (Phi) is 3.46. The highest BCUT2D eigenvalue weighted by Crippen LogP contribution is 2.31. The molecule has 0 saturated heterocycles. The number of aryl methyl sites for hydroxylation is 1. The van der Waals surface area contributed by atoms with Crippen LogP contribution in [0.2, 0.25) is 0 Å². The van der Waals surface area contributed by atoms with Gasteiger partial charge < -0.3 is 0 Å². The molecular weight excluding hydrogens is 341 g/mol. The first-order valence-electron chi connectivity index (χ1n) is 3.26. The van der Waals surface area contributed by atoms with Crippen LogP contribution in [0.25, 0.3) is 0 Å². The maximum Gasteiger partial charge on any atom is 0.265 e. The standard InChI is InChI=1S/C8H6BrF2I/c1-4-2-5(12)3-6(9)7(4)8(10)11/h2-3,8H,1H3. The molecule has 0 spiro atoms. The van der Waals surface area contributed by atoms with Crippen LogP contribution in [-0.2, 0) is 0 Å². The van der Waals surface area contributed by atoms with Gasteiger partial charge in [-0.05, 0) is 47.2 Å². The van der Waals surface area contributed by atoms with Gasteiger partial charge in [0.15, 0.2) is 0 Å². The highest BCUT2D eigenvalue weighted by molar-refractivity contribution is 14.1. The smallest absolute Gasteiger partial charge is 0.205 e. The molecule has 4 heteroatoms. The van der Waals surface area contributed by atoms with Crippen molar-refractivity contribution < 1.29 is 8.78 Å². The molecule has 0 aromatic heterocycles. The van der Waals surface area contributed by atoms with Gasteiger partial charge >= 0.3 is 0 Å². The first kappa shape index (κ1) is 10.4.